The van der Waals surface area contributed by atoms with E-state index in [-0.39, 0.29) is 6.04 Å². The molecule has 0 spiro atoms. The third-order valence-electron chi connectivity index (χ3n) is 5.25. The maximum atomic E-state index is 6.44. The molecule has 3 atom stereocenters. The Bertz CT molecular complexity index is 427. The van der Waals surface area contributed by atoms with Crippen LogP contribution in [0.5, 0.6) is 0 Å². The SMILES string of the molecule is CC(CN1CCC(N2CCCC2)C1)C(N)c1ccccc1. The van der Waals surface area contributed by atoms with Gasteiger partial charge in [-0.15, -0.1) is 0 Å². The van der Waals surface area contributed by atoms with Crippen LogP contribution in [0.3, 0.4) is 0 Å². The van der Waals surface area contributed by atoms with Crippen molar-refractivity contribution in [2.24, 2.45) is 11.7 Å². The summed E-state index contributed by atoms with van der Waals surface area (Å²) in [5.41, 5.74) is 7.70. The molecule has 2 aliphatic rings. The van der Waals surface area contributed by atoms with Crippen LogP contribution in [-0.4, -0.2) is 48.6 Å². The van der Waals surface area contributed by atoms with E-state index >= 15 is 0 Å². The van der Waals surface area contributed by atoms with Crippen molar-refractivity contribution in [2.75, 3.05) is 32.7 Å². The molecule has 0 amide bonds. The first-order chi connectivity index (χ1) is 10.2. The lowest BCUT2D eigenvalue weighted by Gasteiger charge is -2.27. The smallest absolute Gasteiger partial charge is 0.0333 e. The van der Waals surface area contributed by atoms with Crippen molar-refractivity contribution in [1.82, 2.24) is 9.80 Å². The fraction of sp³-hybridized carbons (Fsp3) is 0.667. The van der Waals surface area contributed by atoms with Crippen molar-refractivity contribution in [3.05, 3.63) is 35.9 Å². The predicted molar refractivity (Wildman–Crippen MR) is 88.2 cm³/mol. The second-order valence-electron chi connectivity index (χ2n) is 6.86. The summed E-state index contributed by atoms with van der Waals surface area (Å²) in [6.45, 7) is 8.54. The summed E-state index contributed by atoms with van der Waals surface area (Å²) in [7, 11) is 0. The summed E-state index contributed by atoms with van der Waals surface area (Å²) < 4.78 is 0. The zero-order valence-electron chi connectivity index (χ0n) is 13.2. The van der Waals surface area contributed by atoms with Gasteiger partial charge in [0, 0.05) is 25.2 Å². The second kappa shape index (κ2) is 6.91. The Morgan fingerprint density at radius 1 is 1.14 bits per heavy atom. The Hall–Kier alpha value is -0.900. The van der Waals surface area contributed by atoms with Gasteiger partial charge in [0.1, 0.15) is 0 Å². The first-order valence-electron chi connectivity index (χ1n) is 8.51. The summed E-state index contributed by atoms with van der Waals surface area (Å²) in [5.74, 6) is 0.504. The molecule has 1 aromatic carbocycles. The van der Waals surface area contributed by atoms with Crippen LogP contribution in [-0.2, 0) is 0 Å². The van der Waals surface area contributed by atoms with Gasteiger partial charge >= 0.3 is 0 Å². The standard InChI is InChI=1S/C18H29N3/c1-15(18(19)16-7-3-2-4-8-16)13-20-12-9-17(14-20)21-10-5-6-11-21/h2-4,7-8,15,17-18H,5-6,9-14,19H2,1H3. The van der Waals surface area contributed by atoms with Crippen LogP contribution in [0.15, 0.2) is 30.3 Å². The van der Waals surface area contributed by atoms with E-state index in [4.69, 9.17) is 5.73 Å². The van der Waals surface area contributed by atoms with Crippen molar-refractivity contribution < 1.29 is 0 Å². The van der Waals surface area contributed by atoms with Crippen LogP contribution in [0.4, 0.5) is 0 Å². The molecule has 0 bridgehead atoms. The van der Waals surface area contributed by atoms with Crippen LogP contribution in [0.1, 0.15) is 37.8 Å². The monoisotopic (exact) mass is 287 g/mol. The number of hydrogen-bond acceptors (Lipinski definition) is 3. The van der Waals surface area contributed by atoms with Gasteiger partial charge in [0.2, 0.25) is 0 Å². The fourth-order valence-corrected chi connectivity index (χ4v) is 3.91. The van der Waals surface area contributed by atoms with Crippen molar-refractivity contribution in [2.45, 2.75) is 38.3 Å². The van der Waals surface area contributed by atoms with E-state index in [1.807, 2.05) is 0 Å². The molecule has 3 heteroatoms. The van der Waals surface area contributed by atoms with Gasteiger partial charge in [0.15, 0.2) is 0 Å². The summed E-state index contributed by atoms with van der Waals surface area (Å²) in [4.78, 5) is 5.32. The van der Waals surface area contributed by atoms with Gasteiger partial charge in [0.05, 0.1) is 0 Å². The third kappa shape index (κ3) is 3.65. The minimum absolute atomic E-state index is 0.150. The third-order valence-corrected chi connectivity index (χ3v) is 5.25. The van der Waals surface area contributed by atoms with Crippen LogP contribution in [0.2, 0.25) is 0 Å². The lowest BCUT2D eigenvalue weighted by atomic mass is 9.95. The topological polar surface area (TPSA) is 32.5 Å². The highest BCUT2D eigenvalue weighted by atomic mass is 15.3. The molecule has 2 N–H and O–H groups in total. The predicted octanol–water partition coefficient (Wildman–Crippen LogP) is 2.49. The number of nitrogens with two attached hydrogens (primary N) is 1. The van der Waals surface area contributed by atoms with Gasteiger partial charge in [-0.2, -0.15) is 0 Å². The number of hydrogen-bond donors (Lipinski definition) is 1. The maximum Gasteiger partial charge on any atom is 0.0333 e. The molecule has 0 aliphatic carbocycles. The number of likely N-dealkylation sites (tertiary alicyclic amines) is 2. The zero-order chi connectivity index (χ0) is 14.7. The molecule has 0 aromatic heterocycles. The highest BCUT2D eigenvalue weighted by Crippen LogP contribution is 2.24. The molecule has 2 heterocycles. The Labute approximate surface area is 129 Å². The van der Waals surface area contributed by atoms with Crippen molar-refractivity contribution in [3.63, 3.8) is 0 Å². The molecule has 3 unspecified atom stereocenters. The summed E-state index contributed by atoms with van der Waals surface area (Å²) >= 11 is 0. The highest BCUT2D eigenvalue weighted by molar-refractivity contribution is 5.19. The minimum atomic E-state index is 0.150. The average molecular weight is 287 g/mol. The number of rotatable bonds is 5. The molecule has 1 aromatic rings. The Balaban J connectivity index is 1.50. The average Bonchev–Trinajstić information content (AvgIpc) is 3.18. The first-order valence-corrected chi connectivity index (χ1v) is 8.51. The van der Waals surface area contributed by atoms with E-state index < -0.39 is 0 Å². The van der Waals surface area contributed by atoms with E-state index in [0.29, 0.717) is 5.92 Å². The van der Waals surface area contributed by atoms with Crippen LogP contribution < -0.4 is 5.73 Å². The van der Waals surface area contributed by atoms with Crippen molar-refractivity contribution in [1.29, 1.82) is 0 Å². The van der Waals surface area contributed by atoms with E-state index in [1.165, 1.54) is 51.0 Å². The van der Waals surface area contributed by atoms with E-state index in [1.54, 1.807) is 0 Å². The minimum Gasteiger partial charge on any atom is -0.324 e. The van der Waals surface area contributed by atoms with Crippen LogP contribution >= 0.6 is 0 Å². The van der Waals surface area contributed by atoms with E-state index in [9.17, 15) is 0 Å². The Kier molecular flexibility index (Phi) is 4.94. The second-order valence-corrected chi connectivity index (χ2v) is 6.86. The summed E-state index contributed by atoms with van der Waals surface area (Å²) in [5, 5.41) is 0. The van der Waals surface area contributed by atoms with Crippen molar-refractivity contribution >= 4 is 0 Å². The normalized spacial score (nSPS) is 27.0. The number of nitrogens with zero attached hydrogens (tertiary/aromatic N) is 2. The van der Waals surface area contributed by atoms with E-state index in [2.05, 4.69) is 47.1 Å². The van der Waals surface area contributed by atoms with Gasteiger partial charge in [-0.25, -0.2) is 0 Å². The molecule has 0 radical (unpaired) electrons. The molecular weight excluding hydrogens is 258 g/mol. The maximum absolute atomic E-state index is 6.44. The van der Waals surface area contributed by atoms with E-state index in [0.717, 1.165) is 12.6 Å². The molecule has 21 heavy (non-hydrogen) atoms. The first kappa shape index (κ1) is 15.0. The van der Waals surface area contributed by atoms with Gasteiger partial charge in [0.25, 0.3) is 0 Å². The molecular formula is C18H29N3. The van der Waals surface area contributed by atoms with Gasteiger partial charge < -0.3 is 10.6 Å². The molecule has 0 saturated carbocycles. The van der Waals surface area contributed by atoms with Crippen LogP contribution in [0, 0.1) is 5.92 Å². The molecule has 116 valence electrons. The molecule has 2 saturated heterocycles. The molecule has 3 rings (SSSR count). The molecule has 3 nitrogen and oxygen atoms in total. The molecule has 2 aliphatic heterocycles. The molecule has 2 fully saturated rings. The fourth-order valence-electron chi connectivity index (χ4n) is 3.91. The Morgan fingerprint density at radius 2 is 1.86 bits per heavy atom. The number of benzene rings is 1. The summed E-state index contributed by atoms with van der Waals surface area (Å²) in [6, 6.07) is 11.5. The summed E-state index contributed by atoms with van der Waals surface area (Å²) in [6.07, 6.45) is 4.13. The van der Waals surface area contributed by atoms with Gasteiger partial charge in [-0.05, 0) is 50.4 Å². The lowest BCUT2D eigenvalue weighted by molar-refractivity contribution is 0.214. The quantitative estimate of drug-likeness (QED) is 0.903. The lowest BCUT2D eigenvalue weighted by Crippen LogP contribution is -2.37. The van der Waals surface area contributed by atoms with Crippen LogP contribution in [0.25, 0.3) is 0 Å². The zero-order valence-corrected chi connectivity index (χ0v) is 13.2. The largest absolute Gasteiger partial charge is 0.324 e. The van der Waals surface area contributed by atoms with Gasteiger partial charge in [-0.3, -0.25) is 4.90 Å². The Morgan fingerprint density at radius 3 is 2.57 bits per heavy atom. The highest BCUT2D eigenvalue weighted by Gasteiger charge is 2.30. The van der Waals surface area contributed by atoms with Gasteiger partial charge in [-0.1, -0.05) is 37.3 Å². The van der Waals surface area contributed by atoms with Crippen molar-refractivity contribution in [3.8, 4) is 0 Å².